The van der Waals surface area contributed by atoms with Gasteiger partial charge in [0.05, 0.1) is 12.1 Å². The Kier molecular flexibility index (Phi) is 3.18. The van der Waals surface area contributed by atoms with E-state index >= 15 is 0 Å². The van der Waals surface area contributed by atoms with Gasteiger partial charge in [-0.1, -0.05) is 0 Å². The highest BCUT2D eigenvalue weighted by Crippen LogP contribution is 2.21. The van der Waals surface area contributed by atoms with E-state index < -0.39 is 17.2 Å². The number of benzene rings is 1. The van der Waals surface area contributed by atoms with Crippen molar-refractivity contribution in [2.45, 2.75) is 12.5 Å². The summed E-state index contributed by atoms with van der Waals surface area (Å²) in [5, 5.41) is 11.9. The van der Waals surface area contributed by atoms with Crippen LogP contribution in [-0.2, 0) is 5.54 Å². The number of hydrogen-bond acceptors (Lipinski definition) is 2. The van der Waals surface area contributed by atoms with E-state index in [4.69, 9.17) is 5.11 Å². The molecule has 14 heavy (non-hydrogen) atoms. The van der Waals surface area contributed by atoms with Gasteiger partial charge in [0.15, 0.2) is 0 Å². The van der Waals surface area contributed by atoms with Gasteiger partial charge in [0, 0.05) is 6.07 Å². The van der Waals surface area contributed by atoms with Gasteiger partial charge in [0.25, 0.3) is 0 Å². The molecule has 0 saturated carbocycles. The number of aliphatic hydroxyl groups excluding tert-OH is 1. The maximum atomic E-state index is 12.9. The zero-order valence-corrected chi connectivity index (χ0v) is 8.14. The molecule has 0 aliphatic carbocycles. The third-order valence-corrected chi connectivity index (χ3v) is 2.37. The predicted octanol–water partition coefficient (Wildman–Crippen LogP) is 1.39. The lowest BCUT2D eigenvalue weighted by Crippen LogP contribution is -2.40. The van der Waals surface area contributed by atoms with E-state index in [-0.39, 0.29) is 6.61 Å². The van der Waals surface area contributed by atoms with Gasteiger partial charge in [-0.3, -0.25) is 0 Å². The van der Waals surface area contributed by atoms with Crippen LogP contribution in [-0.4, -0.2) is 18.8 Å². The van der Waals surface area contributed by atoms with Crippen LogP contribution >= 0.6 is 0 Å². The number of aliphatic hydroxyl groups is 1. The fraction of sp³-hybridized carbons (Fsp3) is 0.400. The van der Waals surface area contributed by atoms with Gasteiger partial charge in [-0.25, -0.2) is 8.78 Å². The molecule has 0 spiro atoms. The van der Waals surface area contributed by atoms with Crippen molar-refractivity contribution >= 4 is 0 Å². The average Bonchev–Trinajstić information content (AvgIpc) is 2.15. The van der Waals surface area contributed by atoms with E-state index in [0.717, 1.165) is 6.07 Å². The van der Waals surface area contributed by atoms with Crippen LogP contribution in [0.15, 0.2) is 18.2 Å². The summed E-state index contributed by atoms with van der Waals surface area (Å²) in [4.78, 5) is 0. The molecule has 78 valence electrons. The molecule has 0 aliphatic rings. The lowest BCUT2D eigenvalue weighted by molar-refractivity contribution is 0.183. The molecule has 2 N–H and O–H groups in total. The van der Waals surface area contributed by atoms with Crippen LogP contribution in [0.4, 0.5) is 8.78 Å². The van der Waals surface area contributed by atoms with Gasteiger partial charge in [-0.2, -0.15) is 0 Å². The fourth-order valence-electron chi connectivity index (χ4n) is 1.19. The van der Waals surface area contributed by atoms with Gasteiger partial charge in [-0.05, 0) is 31.7 Å². The number of halogens is 2. The largest absolute Gasteiger partial charge is 0.394 e. The molecule has 0 amide bonds. The molecule has 0 radical (unpaired) electrons. The number of nitrogens with one attached hydrogen (secondary N) is 1. The lowest BCUT2D eigenvalue weighted by Gasteiger charge is -2.27. The second-order valence-electron chi connectivity index (χ2n) is 3.40. The van der Waals surface area contributed by atoms with Crippen LogP contribution in [0.2, 0.25) is 0 Å². The highest BCUT2D eigenvalue weighted by molar-refractivity contribution is 5.25. The summed E-state index contributed by atoms with van der Waals surface area (Å²) in [6, 6.07) is 3.21. The van der Waals surface area contributed by atoms with E-state index in [2.05, 4.69) is 5.32 Å². The van der Waals surface area contributed by atoms with Crippen LogP contribution in [0.25, 0.3) is 0 Å². The van der Waals surface area contributed by atoms with Gasteiger partial charge in [-0.15, -0.1) is 0 Å². The van der Waals surface area contributed by atoms with E-state index in [9.17, 15) is 8.78 Å². The molecule has 0 bridgehead atoms. The molecule has 1 aromatic carbocycles. The highest BCUT2D eigenvalue weighted by atomic mass is 19.1. The van der Waals surface area contributed by atoms with Crippen molar-refractivity contribution in [1.29, 1.82) is 0 Å². The Labute approximate surface area is 81.6 Å². The smallest absolute Gasteiger partial charge is 0.126 e. The van der Waals surface area contributed by atoms with Crippen LogP contribution in [0.5, 0.6) is 0 Å². The topological polar surface area (TPSA) is 32.3 Å². The molecular formula is C10H13F2NO. The van der Waals surface area contributed by atoms with Crippen LogP contribution < -0.4 is 5.32 Å². The van der Waals surface area contributed by atoms with Crippen molar-refractivity contribution in [2.75, 3.05) is 13.7 Å². The van der Waals surface area contributed by atoms with E-state index in [1.165, 1.54) is 12.1 Å². The number of rotatable bonds is 3. The van der Waals surface area contributed by atoms with Gasteiger partial charge >= 0.3 is 0 Å². The van der Waals surface area contributed by atoms with Crippen molar-refractivity contribution in [3.63, 3.8) is 0 Å². The molecule has 0 saturated heterocycles. The Balaban J connectivity index is 3.17. The molecular weight excluding hydrogens is 188 g/mol. The number of likely N-dealkylation sites (N-methyl/N-ethyl adjacent to an activating group) is 1. The zero-order chi connectivity index (χ0) is 10.8. The van der Waals surface area contributed by atoms with Crippen molar-refractivity contribution in [1.82, 2.24) is 5.32 Å². The second-order valence-corrected chi connectivity index (χ2v) is 3.40. The molecule has 1 unspecified atom stereocenters. The second kappa shape index (κ2) is 4.02. The molecule has 2 nitrogen and oxygen atoms in total. The molecule has 0 heterocycles. The van der Waals surface area contributed by atoms with Crippen molar-refractivity contribution < 1.29 is 13.9 Å². The summed E-state index contributed by atoms with van der Waals surface area (Å²) in [7, 11) is 1.62. The normalized spacial score (nSPS) is 15.2. The summed E-state index contributed by atoms with van der Waals surface area (Å²) in [6.07, 6.45) is 0. The van der Waals surface area contributed by atoms with Crippen molar-refractivity contribution in [2.24, 2.45) is 0 Å². The summed E-state index contributed by atoms with van der Waals surface area (Å²) in [5.74, 6) is -1.29. The summed E-state index contributed by atoms with van der Waals surface area (Å²) in [6.45, 7) is 1.44. The predicted molar refractivity (Wildman–Crippen MR) is 49.9 cm³/mol. The van der Waals surface area contributed by atoms with Crippen molar-refractivity contribution in [3.05, 3.63) is 35.4 Å². The molecule has 0 fully saturated rings. The quantitative estimate of drug-likeness (QED) is 0.774. The zero-order valence-electron chi connectivity index (χ0n) is 8.14. The fourth-order valence-corrected chi connectivity index (χ4v) is 1.19. The minimum atomic E-state index is -0.817. The monoisotopic (exact) mass is 201 g/mol. The first kappa shape index (κ1) is 11.1. The Morgan fingerprint density at radius 1 is 1.29 bits per heavy atom. The average molecular weight is 201 g/mol. The molecule has 4 heteroatoms. The van der Waals surface area contributed by atoms with Crippen LogP contribution in [0.3, 0.4) is 0 Å². The van der Waals surface area contributed by atoms with Crippen LogP contribution in [0.1, 0.15) is 12.5 Å². The van der Waals surface area contributed by atoms with Crippen LogP contribution in [0, 0.1) is 11.6 Å². The summed E-state index contributed by atoms with van der Waals surface area (Å²) >= 11 is 0. The molecule has 0 aromatic heterocycles. The van der Waals surface area contributed by atoms with Crippen molar-refractivity contribution in [3.8, 4) is 0 Å². The maximum absolute atomic E-state index is 12.9. The maximum Gasteiger partial charge on any atom is 0.126 e. The highest BCUT2D eigenvalue weighted by Gasteiger charge is 2.24. The van der Waals surface area contributed by atoms with Gasteiger partial charge in [0.1, 0.15) is 11.6 Å². The van der Waals surface area contributed by atoms with E-state index in [0.29, 0.717) is 5.56 Å². The van der Waals surface area contributed by atoms with Gasteiger partial charge < -0.3 is 10.4 Å². The Morgan fingerprint density at radius 3 is 2.14 bits per heavy atom. The minimum Gasteiger partial charge on any atom is -0.394 e. The minimum absolute atomic E-state index is 0.230. The lowest BCUT2D eigenvalue weighted by atomic mass is 9.93. The SMILES string of the molecule is CNC(C)(CO)c1cc(F)cc(F)c1. The Bertz CT molecular complexity index is 304. The first-order valence-electron chi connectivity index (χ1n) is 4.28. The molecule has 1 atom stereocenters. The third kappa shape index (κ3) is 2.08. The van der Waals surface area contributed by atoms with Gasteiger partial charge in [0.2, 0.25) is 0 Å². The third-order valence-electron chi connectivity index (χ3n) is 2.37. The molecule has 0 aliphatic heterocycles. The number of hydrogen-bond donors (Lipinski definition) is 2. The first-order chi connectivity index (χ1) is 6.51. The Morgan fingerprint density at radius 2 is 1.79 bits per heavy atom. The van der Waals surface area contributed by atoms with E-state index in [1.807, 2.05) is 0 Å². The molecule has 1 aromatic rings. The summed E-state index contributed by atoms with van der Waals surface area (Å²) in [5.41, 5.74) is -0.428. The van der Waals surface area contributed by atoms with E-state index in [1.54, 1.807) is 14.0 Å². The first-order valence-corrected chi connectivity index (χ1v) is 4.28. The Hall–Kier alpha value is -1.00. The summed E-state index contributed by atoms with van der Waals surface area (Å²) < 4.78 is 25.8. The molecule has 1 rings (SSSR count). The standard InChI is InChI=1S/C10H13F2NO/c1-10(6-14,13-2)7-3-8(11)5-9(12)4-7/h3-5,13-14H,6H2,1-2H3.